The van der Waals surface area contributed by atoms with Crippen molar-refractivity contribution in [3.05, 3.63) is 34.9 Å². The molecule has 0 amide bonds. The Morgan fingerprint density at radius 2 is 2.12 bits per heavy atom. The van der Waals surface area contributed by atoms with Crippen molar-refractivity contribution < 1.29 is 4.74 Å². The van der Waals surface area contributed by atoms with E-state index in [1.807, 2.05) is 25.1 Å². The third-order valence-corrected chi connectivity index (χ3v) is 2.54. The summed E-state index contributed by atoms with van der Waals surface area (Å²) in [6, 6.07) is 7.89. The minimum atomic E-state index is -0.118. The predicted octanol–water partition coefficient (Wildman–Crippen LogP) is 3.24. The van der Waals surface area contributed by atoms with Crippen molar-refractivity contribution in [2.24, 2.45) is 0 Å². The highest BCUT2D eigenvalue weighted by Crippen LogP contribution is 2.11. The van der Waals surface area contributed by atoms with E-state index in [2.05, 4.69) is 25.2 Å². The van der Waals surface area contributed by atoms with Gasteiger partial charge in [-0.3, -0.25) is 0 Å². The van der Waals surface area contributed by atoms with Crippen LogP contribution >= 0.6 is 11.6 Å². The van der Waals surface area contributed by atoms with Crippen LogP contribution in [0.4, 0.5) is 0 Å². The van der Waals surface area contributed by atoms with E-state index in [0.29, 0.717) is 0 Å². The van der Waals surface area contributed by atoms with Crippen LogP contribution in [-0.4, -0.2) is 18.8 Å². The van der Waals surface area contributed by atoms with Gasteiger partial charge in [-0.05, 0) is 38.5 Å². The van der Waals surface area contributed by atoms with Gasteiger partial charge in [0.2, 0.25) is 0 Å². The molecule has 90 valence electrons. The minimum Gasteiger partial charge on any atom is -0.375 e. The maximum absolute atomic E-state index is 5.91. The summed E-state index contributed by atoms with van der Waals surface area (Å²) in [4.78, 5) is 0. The number of hydrogen-bond acceptors (Lipinski definition) is 2. The summed E-state index contributed by atoms with van der Waals surface area (Å²) in [5.41, 5.74) is 1.08. The highest BCUT2D eigenvalue weighted by atomic mass is 35.5. The zero-order valence-corrected chi connectivity index (χ0v) is 11.0. The molecular formula is C13H20ClNO. The lowest BCUT2D eigenvalue weighted by Crippen LogP contribution is -2.37. The molecule has 0 spiro atoms. The maximum Gasteiger partial charge on any atom is 0.0750 e. The molecule has 0 fully saturated rings. The lowest BCUT2D eigenvalue weighted by molar-refractivity contribution is -0.00897. The number of rotatable bonds is 6. The summed E-state index contributed by atoms with van der Waals surface area (Å²) in [7, 11) is 0. The SMILES string of the molecule is CCOC(C)(C)CNCc1cccc(Cl)c1. The Kier molecular flexibility index (Phi) is 5.26. The molecule has 0 aliphatic rings. The maximum atomic E-state index is 5.91. The predicted molar refractivity (Wildman–Crippen MR) is 68.9 cm³/mol. The minimum absolute atomic E-state index is 0.118. The van der Waals surface area contributed by atoms with Crippen LogP contribution in [0.5, 0.6) is 0 Å². The van der Waals surface area contributed by atoms with Gasteiger partial charge in [0.05, 0.1) is 5.60 Å². The van der Waals surface area contributed by atoms with Crippen molar-refractivity contribution in [1.82, 2.24) is 5.32 Å². The quantitative estimate of drug-likeness (QED) is 0.826. The normalized spacial score (nSPS) is 11.8. The fourth-order valence-electron chi connectivity index (χ4n) is 1.60. The third-order valence-electron chi connectivity index (χ3n) is 2.30. The Bertz CT molecular complexity index is 325. The molecule has 0 saturated heterocycles. The number of benzene rings is 1. The lowest BCUT2D eigenvalue weighted by Gasteiger charge is -2.25. The van der Waals surface area contributed by atoms with Crippen molar-refractivity contribution in [2.45, 2.75) is 32.9 Å². The molecule has 1 aromatic carbocycles. The van der Waals surface area contributed by atoms with Crippen LogP contribution in [0.25, 0.3) is 0 Å². The second-order valence-electron chi connectivity index (χ2n) is 4.43. The Balaban J connectivity index is 2.35. The molecule has 0 bridgehead atoms. The van der Waals surface area contributed by atoms with Gasteiger partial charge in [-0.2, -0.15) is 0 Å². The molecule has 0 unspecified atom stereocenters. The second kappa shape index (κ2) is 6.24. The summed E-state index contributed by atoms with van der Waals surface area (Å²) in [6.07, 6.45) is 0. The van der Waals surface area contributed by atoms with E-state index >= 15 is 0 Å². The standard InChI is InChI=1S/C13H20ClNO/c1-4-16-13(2,3)10-15-9-11-6-5-7-12(14)8-11/h5-8,15H,4,9-10H2,1-3H3. The number of ether oxygens (including phenoxy) is 1. The van der Waals surface area contributed by atoms with Crippen LogP contribution in [0.2, 0.25) is 5.02 Å². The largest absolute Gasteiger partial charge is 0.375 e. The molecule has 0 saturated carbocycles. The van der Waals surface area contributed by atoms with Gasteiger partial charge in [-0.15, -0.1) is 0 Å². The molecule has 0 aliphatic carbocycles. The molecule has 1 N–H and O–H groups in total. The molecule has 0 aliphatic heterocycles. The van der Waals surface area contributed by atoms with Gasteiger partial charge in [0, 0.05) is 24.7 Å². The van der Waals surface area contributed by atoms with Crippen LogP contribution in [0.1, 0.15) is 26.3 Å². The Morgan fingerprint density at radius 3 is 2.75 bits per heavy atom. The Morgan fingerprint density at radius 1 is 1.38 bits per heavy atom. The number of halogens is 1. The van der Waals surface area contributed by atoms with Gasteiger partial charge in [0.25, 0.3) is 0 Å². The van der Waals surface area contributed by atoms with E-state index in [0.717, 1.165) is 24.7 Å². The average molecular weight is 242 g/mol. The Hall–Kier alpha value is -0.570. The van der Waals surface area contributed by atoms with Crippen molar-refractivity contribution in [3.63, 3.8) is 0 Å². The summed E-state index contributed by atoms with van der Waals surface area (Å²) in [5, 5.41) is 4.15. The van der Waals surface area contributed by atoms with E-state index < -0.39 is 0 Å². The van der Waals surface area contributed by atoms with E-state index in [-0.39, 0.29) is 5.60 Å². The average Bonchev–Trinajstić information content (AvgIpc) is 2.17. The van der Waals surface area contributed by atoms with Gasteiger partial charge in [0.15, 0.2) is 0 Å². The monoisotopic (exact) mass is 241 g/mol. The van der Waals surface area contributed by atoms with Crippen LogP contribution in [0, 0.1) is 0 Å². The van der Waals surface area contributed by atoms with Gasteiger partial charge < -0.3 is 10.1 Å². The third kappa shape index (κ3) is 4.97. The summed E-state index contributed by atoms with van der Waals surface area (Å²) in [6.45, 7) is 8.57. The Labute approximate surface area is 103 Å². The molecule has 0 heterocycles. The molecule has 0 aromatic heterocycles. The molecule has 0 atom stereocenters. The first-order chi connectivity index (χ1) is 7.53. The number of nitrogens with one attached hydrogen (secondary N) is 1. The van der Waals surface area contributed by atoms with Gasteiger partial charge >= 0.3 is 0 Å². The highest BCUT2D eigenvalue weighted by Gasteiger charge is 2.16. The first-order valence-electron chi connectivity index (χ1n) is 5.62. The van der Waals surface area contributed by atoms with Crippen molar-refractivity contribution in [2.75, 3.05) is 13.2 Å². The van der Waals surface area contributed by atoms with Gasteiger partial charge in [0.1, 0.15) is 0 Å². The van der Waals surface area contributed by atoms with E-state index in [1.54, 1.807) is 0 Å². The molecule has 1 aromatic rings. The van der Waals surface area contributed by atoms with Crippen molar-refractivity contribution >= 4 is 11.6 Å². The summed E-state index contributed by atoms with van der Waals surface area (Å²) < 4.78 is 5.60. The smallest absolute Gasteiger partial charge is 0.0750 e. The molecule has 0 radical (unpaired) electrons. The fourth-order valence-corrected chi connectivity index (χ4v) is 1.81. The van der Waals surface area contributed by atoms with Crippen molar-refractivity contribution in [1.29, 1.82) is 0 Å². The number of hydrogen-bond donors (Lipinski definition) is 1. The van der Waals surface area contributed by atoms with Crippen LogP contribution in [0.3, 0.4) is 0 Å². The van der Waals surface area contributed by atoms with Crippen LogP contribution in [-0.2, 0) is 11.3 Å². The lowest BCUT2D eigenvalue weighted by atomic mass is 10.1. The van der Waals surface area contributed by atoms with Gasteiger partial charge in [-0.1, -0.05) is 23.7 Å². The summed E-state index contributed by atoms with van der Waals surface area (Å²) >= 11 is 5.91. The van der Waals surface area contributed by atoms with E-state index in [1.165, 1.54) is 5.56 Å². The second-order valence-corrected chi connectivity index (χ2v) is 4.86. The zero-order chi connectivity index (χ0) is 12.0. The topological polar surface area (TPSA) is 21.3 Å². The molecule has 16 heavy (non-hydrogen) atoms. The fraction of sp³-hybridized carbons (Fsp3) is 0.538. The van der Waals surface area contributed by atoms with Gasteiger partial charge in [-0.25, -0.2) is 0 Å². The van der Waals surface area contributed by atoms with E-state index in [4.69, 9.17) is 16.3 Å². The first kappa shape index (κ1) is 13.5. The summed E-state index contributed by atoms with van der Waals surface area (Å²) in [5.74, 6) is 0. The zero-order valence-electron chi connectivity index (χ0n) is 10.2. The highest BCUT2D eigenvalue weighted by molar-refractivity contribution is 6.30. The molecule has 1 rings (SSSR count). The van der Waals surface area contributed by atoms with Crippen LogP contribution in [0.15, 0.2) is 24.3 Å². The first-order valence-corrected chi connectivity index (χ1v) is 6.00. The molecule has 3 heteroatoms. The van der Waals surface area contributed by atoms with E-state index in [9.17, 15) is 0 Å². The molecule has 2 nitrogen and oxygen atoms in total. The van der Waals surface area contributed by atoms with Crippen LogP contribution < -0.4 is 5.32 Å². The molecular weight excluding hydrogens is 222 g/mol. The van der Waals surface area contributed by atoms with Crippen molar-refractivity contribution in [3.8, 4) is 0 Å².